The molecule has 0 amide bonds. The maximum atomic E-state index is 14.0. The Balaban J connectivity index is 1.73. The van der Waals surface area contributed by atoms with Crippen LogP contribution in [0.2, 0.25) is 0 Å². The number of carbonyl (C=O) groups is 1. The van der Waals surface area contributed by atoms with E-state index >= 15 is 0 Å². The average molecular weight is 421 g/mol. The van der Waals surface area contributed by atoms with Gasteiger partial charge in [-0.15, -0.1) is 5.10 Å². The van der Waals surface area contributed by atoms with Crippen molar-refractivity contribution in [3.05, 3.63) is 35.8 Å². The standard InChI is InChI=1S/C20H24FN3O6/c1-10-5-6-11(7-12(10)21)13-8-24(23-22-13)15-16-14(9-28-20(2,3)30-16)29-18(19(25)26)17(15)27-4/h5-8,14-18H,9H2,1-4H3,(H,25,26)/t14-,15+,16+,17-,18-/m1/s1. The van der Waals surface area contributed by atoms with E-state index in [2.05, 4.69) is 10.3 Å². The van der Waals surface area contributed by atoms with Crippen molar-refractivity contribution < 1.29 is 33.2 Å². The van der Waals surface area contributed by atoms with Crippen LogP contribution in [-0.4, -0.2) is 70.0 Å². The molecular formula is C20H24FN3O6. The number of hydrogen-bond acceptors (Lipinski definition) is 7. The lowest BCUT2D eigenvalue weighted by molar-refractivity contribution is -0.347. The first kappa shape index (κ1) is 20.9. The van der Waals surface area contributed by atoms with E-state index < -0.39 is 42.2 Å². The van der Waals surface area contributed by atoms with Crippen LogP contribution in [0.3, 0.4) is 0 Å². The van der Waals surface area contributed by atoms with E-state index in [0.29, 0.717) is 16.8 Å². The SMILES string of the molecule is CO[C@@H]1[C@@H](n2cc(-c3ccc(C)c(F)c3)nn2)[C@H]2OC(C)(C)OC[C@H]2O[C@H]1C(=O)O. The van der Waals surface area contributed by atoms with Crippen molar-refractivity contribution in [1.29, 1.82) is 0 Å². The summed E-state index contributed by atoms with van der Waals surface area (Å²) in [6, 6.07) is 4.16. The van der Waals surface area contributed by atoms with Gasteiger partial charge in [0.05, 0.1) is 12.8 Å². The number of benzene rings is 1. The van der Waals surface area contributed by atoms with Gasteiger partial charge in [-0.3, -0.25) is 0 Å². The third-order valence-corrected chi connectivity index (χ3v) is 5.47. The largest absolute Gasteiger partial charge is 0.479 e. The van der Waals surface area contributed by atoms with E-state index in [1.165, 1.54) is 17.9 Å². The summed E-state index contributed by atoms with van der Waals surface area (Å²) in [5, 5.41) is 18.0. The van der Waals surface area contributed by atoms with Gasteiger partial charge in [0.2, 0.25) is 0 Å². The number of carboxylic acids is 1. The van der Waals surface area contributed by atoms with Gasteiger partial charge >= 0.3 is 5.97 Å². The Kier molecular flexibility index (Phi) is 5.35. The third kappa shape index (κ3) is 3.71. The number of rotatable bonds is 4. The molecule has 0 radical (unpaired) electrons. The maximum absolute atomic E-state index is 14.0. The molecule has 162 valence electrons. The Hall–Kier alpha value is -2.40. The minimum Gasteiger partial charge on any atom is -0.479 e. The van der Waals surface area contributed by atoms with Gasteiger partial charge in [-0.05, 0) is 32.4 Å². The number of aliphatic carboxylic acids is 1. The van der Waals surface area contributed by atoms with Crippen LogP contribution in [0.4, 0.5) is 4.39 Å². The van der Waals surface area contributed by atoms with E-state index in [1.54, 1.807) is 39.1 Å². The number of nitrogens with zero attached hydrogens (tertiary/aromatic N) is 3. The summed E-state index contributed by atoms with van der Waals surface area (Å²) in [7, 11) is 1.41. The van der Waals surface area contributed by atoms with Crippen molar-refractivity contribution >= 4 is 5.97 Å². The highest BCUT2D eigenvalue weighted by Gasteiger charge is 2.54. The van der Waals surface area contributed by atoms with Crippen LogP contribution in [0, 0.1) is 12.7 Å². The lowest BCUT2D eigenvalue weighted by Gasteiger charge is -2.50. The molecule has 2 aliphatic rings. The van der Waals surface area contributed by atoms with Crippen molar-refractivity contribution in [1.82, 2.24) is 15.0 Å². The number of aromatic nitrogens is 3. The first-order valence-electron chi connectivity index (χ1n) is 9.61. The second-order valence-electron chi connectivity index (χ2n) is 7.97. The molecule has 9 nitrogen and oxygen atoms in total. The molecule has 2 saturated heterocycles. The molecular weight excluding hydrogens is 397 g/mol. The molecule has 0 bridgehead atoms. The van der Waals surface area contributed by atoms with Crippen molar-refractivity contribution in [2.75, 3.05) is 13.7 Å². The number of hydrogen-bond donors (Lipinski definition) is 1. The van der Waals surface area contributed by atoms with Crippen LogP contribution in [0.1, 0.15) is 25.5 Å². The van der Waals surface area contributed by atoms with Crippen molar-refractivity contribution in [3.8, 4) is 11.3 Å². The van der Waals surface area contributed by atoms with Crippen LogP contribution in [0.25, 0.3) is 11.3 Å². The average Bonchev–Trinajstić information content (AvgIpc) is 3.17. The Morgan fingerprint density at radius 3 is 2.83 bits per heavy atom. The smallest absolute Gasteiger partial charge is 0.335 e. The molecule has 4 rings (SSSR count). The van der Waals surface area contributed by atoms with Crippen molar-refractivity contribution in [2.45, 2.75) is 57.0 Å². The lowest BCUT2D eigenvalue weighted by atomic mass is 9.91. The number of methoxy groups -OCH3 is 1. The number of ether oxygens (including phenoxy) is 4. The quantitative estimate of drug-likeness (QED) is 0.799. The van der Waals surface area contributed by atoms with Gasteiger partial charge in [-0.2, -0.15) is 0 Å². The van der Waals surface area contributed by atoms with Crippen LogP contribution >= 0.6 is 0 Å². The van der Waals surface area contributed by atoms with Crippen LogP contribution in [-0.2, 0) is 23.7 Å². The summed E-state index contributed by atoms with van der Waals surface area (Å²) in [5.74, 6) is -2.39. The van der Waals surface area contributed by atoms with E-state index in [-0.39, 0.29) is 12.4 Å². The molecule has 1 aromatic carbocycles. The molecule has 0 unspecified atom stereocenters. The fraction of sp³-hybridized carbons (Fsp3) is 0.550. The summed E-state index contributed by atoms with van der Waals surface area (Å²) in [6.45, 7) is 5.39. The second kappa shape index (κ2) is 7.69. The van der Waals surface area contributed by atoms with Gasteiger partial charge < -0.3 is 24.1 Å². The minimum atomic E-state index is -1.24. The highest BCUT2D eigenvalue weighted by molar-refractivity contribution is 5.73. The number of fused-ring (bicyclic) bond motifs is 1. The van der Waals surface area contributed by atoms with Crippen molar-refractivity contribution in [2.24, 2.45) is 0 Å². The predicted octanol–water partition coefficient (Wildman–Crippen LogP) is 1.95. The molecule has 2 aromatic rings. The highest BCUT2D eigenvalue weighted by atomic mass is 19.1. The van der Waals surface area contributed by atoms with Gasteiger partial charge in [0, 0.05) is 12.7 Å². The first-order valence-corrected chi connectivity index (χ1v) is 9.61. The maximum Gasteiger partial charge on any atom is 0.335 e. The molecule has 1 aromatic heterocycles. The summed E-state index contributed by atoms with van der Waals surface area (Å²) >= 11 is 0. The molecule has 2 fully saturated rings. The third-order valence-electron chi connectivity index (χ3n) is 5.47. The van der Waals surface area contributed by atoms with Gasteiger partial charge in [0.15, 0.2) is 11.9 Å². The zero-order valence-electron chi connectivity index (χ0n) is 17.1. The van der Waals surface area contributed by atoms with E-state index in [4.69, 9.17) is 18.9 Å². The Morgan fingerprint density at radius 2 is 2.17 bits per heavy atom. The Labute approximate surface area is 172 Å². The predicted molar refractivity (Wildman–Crippen MR) is 101 cm³/mol. The second-order valence-corrected chi connectivity index (χ2v) is 7.97. The molecule has 0 aliphatic carbocycles. The monoisotopic (exact) mass is 421 g/mol. The number of aryl methyl sites for hydroxylation is 1. The Morgan fingerprint density at radius 1 is 1.40 bits per heavy atom. The summed E-state index contributed by atoms with van der Waals surface area (Å²) in [6.07, 6.45) is -1.70. The van der Waals surface area contributed by atoms with Crippen molar-refractivity contribution in [3.63, 3.8) is 0 Å². The molecule has 2 aliphatic heterocycles. The van der Waals surface area contributed by atoms with E-state index in [9.17, 15) is 14.3 Å². The molecule has 0 spiro atoms. The zero-order valence-corrected chi connectivity index (χ0v) is 17.1. The molecule has 10 heteroatoms. The van der Waals surface area contributed by atoms with Gasteiger partial charge in [0.25, 0.3) is 0 Å². The van der Waals surface area contributed by atoms with Crippen LogP contribution in [0.5, 0.6) is 0 Å². The molecule has 30 heavy (non-hydrogen) atoms. The fourth-order valence-electron chi connectivity index (χ4n) is 3.92. The van der Waals surface area contributed by atoms with Crippen LogP contribution < -0.4 is 0 Å². The summed E-state index contributed by atoms with van der Waals surface area (Å²) in [4.78, 5) is 11.8. The topological polar surface area (TPSA) is 105 Å². The molecule has 0 saturated carbocycles. The molecule has 1 N–H and O–H groups in total. The van der Waals surface area contributed by atoms with E-state index in [1.807, 2.05) is 0 Å². The minimum absolute atomic E-state index is 0.166. The first-order chi connectivity index (χ1) is 14.2. The normalized spacial score (nSPS) is 30.6. The summed E-state index contributed by atoms with van der Waals surface area (Å²) in [5.41, 5.74) is 1.54. The van der Waals surface area contributed by atoms with Gasteiger partial charge in [0.1, 0.15) is 35.9 Å². The highest BCUT2D eigenvalue weighted by Crippen LogP contribution is 2.39. The lowest BCUT2D eigenvalue weighted by Crippen LogP contribution is -2.64. The van der Waals surface area contributed by atoms with Gasteiger partial charge in [-0.1, -0.05) is 17.3 Å². The molecule has 5 atom stereocenters. The van der Waals surface area contributed by atoms with Crippen LogP contribution in [0.15, 0.2) is 24.4 Å². The number of halogens is 1. The van der Waals surface area contributed by atoms with E-state index in [0.717, 1.165) is 0 Å². The molecule has 3 heterocycles. The number of carboxylic acid groups (broad SMARTS) is 1. The summed E-state index contributed by atoms with van der Waals surface area (Å²) < 4.78 is 38.5. The zero-order chi connectivity index (χ0) is 21.6. The Bertz CT molecular complexity index is 948. The fourth-order valence-corrected chi connectivity index (χ4v) is 3.92. The van der Waals surface area contributed by atoms with Gasteiger partial charge in [-0.25, -0.2) is 13.9 Å².